The molecule has 1 aromatic heterocycles. The minimum Gasteiger partial charge on any atom is -0.452 e. The average Bonchev–Trinajstić information content (AvgIpc) is 3.08. The van der Waals surface area contributed by atoms with Crippen molar-refractivity contribution in [1.29, 1.82) is 0 Å². The van der Waals surface area contributed by atoms with Crippen LogP contribution in [0.1, 0.15) is 42.6 Å². The highest BCUT2D eigenvalue weighted by Gasteiger charge is 2.16. The van der Waals surface area contributed by atoms with Crippen LogP contribution in [0.5, 0.6) is 0 Å². The summed E-state index contributed by atoms with van der Waals surface area (Å²) in [6.45, 7) is 6.27. The Labute approximate surface area is 157 Å². The van der Waals surface area contributed by atoms with Crippen LogP contribution in [0.3, 0.4) is 0 Å². The molecule has 0 aliphatic carbocycles. The summed E-state index contributed by atoms with van der Waals surface area (Å²) in [5, 5.41) is 8.48. The molecule has 5 nitrogen and oxygen atoms in total. The molecule has 6 heteroatoms. The molecule has 0 fully saturated rings. The van der Waals surface area contributed by atoms with Crippen LogP contribution in [-0.4, -0.2) is 16.2 Å². The van der Waals surface area contributed by atoms with Crippen LogP contribution in [0, 0.1) is 0 Å². The zero-order valence-corrected chi connectivity index (χ0v) is 15.6. The molecule has 0 aliphatic rings. The van der Waals surface area contributed by atoms with Crippen LogP contribution >= 0.6 is 11.6 Å². The first-order chi connectivity index (χ1) is 12.3. The van der Waals surface area contributed by atoms with Gasteiger partial charge in [-0.2, -0.15) is 0 Å². The number of hydrogen-bond donors (Lipinski definition) is 0. The summed E-state index contributed by atoms with van der Waals surface area (Å²) in [5.74, 6) is 0.147. The summed E-state index contributed by atoms with van der Waals surface area (Å²) in [6.07, 6.45) is 0. The number of ether oxygens (including phenoxy) is 1. The smallest absolute Gasteiger partial charge is 0.338 e. The van der Waals surface area contributed by atoms with Gasteiger partial charge in [-0.15, -0.1) is 10.2 Å². The molecule has 26 heavy (non-hydrogen) atoms. The number of halogens is 1. The van der Waals surface area contributed by atoms with Crippen LogP contribution in [0.2, 0.25) is 5.02 Å². The van der Waals surface area contributed by atoms with Gasteiger partial charge in [-0.3, -0.25) is 0 Å². The first kappa shape index (κ1) is 18.1. The van der Waals surface area contributed by atoms with Gasteiger partial charge in [0.1, 0.15) is 0 Å². The van der Waals surface area contributed by atoms with Crippen molar-refractivity contribution in [3.63, 3.8) is 0 Å². The SMILES string of the molecule is CC(C)(C)c1ccc(C(=O)OCc2nnc(-c3ccc(Cl)cc3)o2)cc1. The normalized spacial score (nSPS) is 11.4. The Morgan fingerprint density at radius 2 is 1.69 bits per heavy atom. The molecule has 0 amide bonds. The fourth-order valence-corrected chi connectivity index (χ4v) is 2.46. The lowest BCUT2D eigenvalue weighted by atomic mass is 9.87. The average molecular weight is 371 g/mol. The zero-order valence-electron chi connectivity index (χ0n) is 14.8. The summed E-state index contributed by atoms with van der Waals surface area (Å²) in [4.78, 5) is 12.2. The minimum absolute atomic E-state index is 0.0320. The molecule has 0 saturated heterocycles. The van der Waals surface area contributed by atoms with Crippen molar-refractivity contribution in [3.8, 4) is 11.5 Å². The molecule has 0 saturated carbocycles. The second-order valence-corrected chi connectivity index (χ2v) is 7.35. The van der Waals surface area contributed by atoms with Gasteiger partial charge >= 0.3 is 5.97 Å². The van der Waals surface area contributed by atoms with Gasteiger partial charge in [0, 0.05) is 10.6 Å². The van der Waals surface area contributed by atoms with Crippen LogP contribution in [0.15, 0.2) is 52.9 Å². The highest BCUT2D eigenvalue weighted by molar-refractivity contribution is 6.30. The predicted octanol–water partition coefficient (Wildman–Crippen LogP) is 5.04. The fraction of sp³-hybridized carbons (Fsp3) is 0.250. The molecule has 0 N–H and O–H groups in total. The highest BCUT2D eigenvalue weighted by atomic mass is 35.5. The zero-order chi connectivity index (χ0) is 18.7. The number of carbonyl (C=O) groups is 1. The van der Waals surface area contributed by atoms with Gasteiger partial charge in [-0.05, 0) is 47.4 Å². The van der Waals surface area contributed by atoms with Crippen molar-refractivity contribution in [2.24, 2.45) is 0 Å². The summed E-state index contributed by atoms with van der Waals surface area (Å²) in [6, 6.07) is 14.4. The van der Waals surface area contributed by atoms with E-state index in [1.54, 1.807) is 36.4 Å². The Kier molecular flexibility index (Phi) is 5.09. The van der Waals surface area contributed by atoms with Gasteiger partial charge in [0.05, 0.1) is 5.56 Å². The van der Waals surface area contributed by atoms with Crippen LogP contribution < -0.4 is 0 Å². The molecule has 0 radical (unpaired) electrons. The van der Waals surface area contributed by atoms with Crippen LogP contribution in [0.25, 0.3) is 11.5 Å². The van der Waals surface area contributed by atoms with E-state index in [-0.39, 0.29) is 17.9 Å². The third-order valence-corrected chi connectivity index (χ3v) is 4.12. The molecule has 0 spiro atoms. The maximum Gasteiger partial charge on any atom is 0.338 e. The monoisotopic (exact) mass is 370 g/mol. The van der Waals surface area contributed by atoms with Gasteiger partial charge in [0.2, 0.25) is 5.89 Å². The number of rotatable bonds is 4. The van der Waals surface area contributed by atoms with Crippen molar-refractivity contribution >= 4 is 17.6 Å². The number of nitrogens with zero attached hydrogens (tertiary/aromatic N) is 2. The Bertz CT molecular complexity index is 894. The molecular formula is C20H19ClN2O3. The van der Waals surface area contributed by atoms with Gasteiger partial charge in [-0.1, -0.05) is 44.5 Å². The second-order valence-electron chi connectivity index (χ2n) is 6.91. The van der Waals surface area contributed by atoms with Gasteiger partial charge in [0.25, 0.3) is 5.89 Å². The quantitative estimate of drug-likeness (QED) is 0.601. The van der Waals surface area contributed by atoms with Crippen molar-refractivity contribution in [2.75, 3.05) is 0 Å². The van der Waals surface area contributed by atoms with E-state index < -0.39 is 5.97 Å². The van der Waals surface area contributed by atoms with Gasteiger partial charge in [0.15, 0.2) is 6.61 Å². The molecule has 134 valence electrons. The molecule has 0 aliphatic heterocycles. The lowest BCUT2D eigenvalue weighted by molar-refractivity contribution is 0.0438. The lowest BCUT2D eigenvalue weighted by Crippen LogP contribution is -2.12. The summed E-state index contributed by atoms with van der Waals surface area (Å²) >= 11 is 5.86. The number of esters is 1. The molecule has 0 unspecified atom stereocenters. The van der Waals surface area contributed by atoms with E-state index in [0.717, 1.165) is 11.1 Å². The molecule has 0 atom stereocenters. The van der Waals surface area contributed by atoms with Gasteiger partial charge in [-0.25, -0.2) is 4.79 Å². The van der Waals surface area contributed by atoms with E-state index in [2.05, 4.69) is 31.0 Å². The highest BCUT2D eigenvalue weighted by Crippen LogP contribution is 2.23. The number of aromatic nitrogens is 2. The van der Waals surface area contributed by atoms with Crippen LogP contribution in [0.4, 0.5) is 0 Å². The standard InChI is InChI=1S/C20H19ClN2O3/c1-20(2,3)15-8-4-14(5-9-15)19(24)25-12-17-22-23-18(26-17)13-6-10-16(21)11-7-13/h4-11H,12H2,1-3H3. The first-order valence-corrected chi connectivity index (χ1v) is 8.57. The molecule has 2 aromatic carbocycles. The van der Waals surface area contributed by atoms with Crippen molar-refractivity contribution in [2.45, 2.75) is 32.8 Å². The number of benzene rings is 2. The largest absolute Gasteiger partial charge is 0.452 e. The van der Waals surface area contributed by atoms with E-state index in [0.29, 0.717) is 16.5 Å². The maximum absolute atomic E-state index is 12.2. The van der Waals surface area contributed by atoms with E-state index >= 15 is 0 Å². The van der Waals surface area contributed by atoms with E-state index in [1.807, 2.05) is 12.1 Å². The third-order valence-electron chi connectivity index (χ3n) is 3.87. The molecule has 3 rings (SSSR count). The predicted molar refractivity (Wildman–Crippen MR) is 99.0 cm³/mol. The first-order valence-electron chi connectivity index (χ1n) is 8.19. The number of hydrogen-bond acceptors (Lipinski definition) is 5. The summed E-state index contributed by atoms with van der Waals surface area (Å²) in [5.41, 5.74) is 2.41. The minimum atomic E-state index is -0.434. The maximum atomic E-state index is 12.2. The molecule has 1 heterocycles. The summed E-state index contributed by atoms with van der Waals surface area (Å²) < 4.78 is 10.8. The third kappa shape index (κ3) is 4.29. The van der Waals surface area contributed by atoms with E-state index in [1.165, 1.54) is 0 Å². The summed E-state index contributed by atoms with van der Waals surface area (Å²) in [7, 11) is 0. The lowest BCUT2D eigenvalue weighted by Gasteiger charge is -2.18. The van der Waals surface area contributed by atoms with Crippen molar-refractivity contribution < 1.29 is 13.9 Å². The van der Waals surface area contributed by atoms with E-state index in [4.69, 9.17) is 20.8 Å². The second kappa shape index (κ2) is 7.30. The number of carbonyl (C=O) groups excluding carboxylic acids is 1. The topological polar surface area (TPSA) is 65.2 Å². The Hall–Kier alpha value is -2.66. The van der Waals surface area contributed by atoms with Crippen LogP contribution in [-0.2, 0) is 16.8 Å². The van der Waals surface area contributed by atoms with Crippen molar-refractivity contribution in [3.05, 3.63) is 70.6 Å². The Balaban J connectivity index is 1.62. The Morgan fingerprint density at radius 1 is 1.04 bits per heavy atom. The Morgan fingerprint density at radius 3 is 2.31 bits per heavy atom. The van der Waals surface area contributed by atoms with E-state index in [9.17, 15) is 4.79 Å². The fourth-order valence-electron chi connectivity index (χ4n) is 2.34. The molecule has 3 aromatic rings. The molecule has 0 bridgehead atoms. The van der Waals surface area contributed by atoms with Gasteiger partial charge < -0.3 is 9.15 Å². The van der Waals surface area contributed by atoms with Crippen molar-refractivity contribution in [1.82, 2.24) is 10.2 Å². The molecular weight excluding hydrogens is 352 g/mol.